The number of carbonyl (C=O) groups is 3. The van der Waals surface area contributed by atoms with Gasteiger partial charge in [-0.2, -0.15) is 0 Å². The van der Waals surface area contributed by atoms with E-state index in [0.717, 1.165) is 23.2 Å². The van der Waals surface area contributed by atoms with Gasteiger partial charge in [0.25, 0.3) is 5.91 Å². The van der Waals surface area contributed by atoms with Crippen LogP contribution in [0.25, 0.3) is 0 Å². The van der Waals surface area contributed by atoms with Gasteiger partial charge in [0.1, 0.15) is 0 Å². The SMILES string of the molecule is CCc1ccccc1NC(=O)COC(=O)C1CC(=O)N(Cc2ccccc2)C1. The first kappa shape index (κ1) is 19.6. The van der Waals surface area contributed by atoms with E-state index in [0.29, 0.717) is 13.1 Å². The summed E-state index contributed by atoms with van der Waals surface area (Å²) in [4.78, 5) is 38.2. The second kappa shape index (κ2) is 9.17. The van der Waals surface area contributed by atoms with Crippen molar-refractivity contribution in [3.8, 4) is 0 Å². The minimum absolute atomic E-state index is 0.0767. The molecule has 0 aromatic heterocycles. The fraction of sp³-hybridized carbons (Fsp3) is 0.318. The van der Waals surface area contributed by atoms with Crippen molar-refractivity contribution in [3.05, 3.63) is 65.7 Å². The molecule has 2 amide bonds. The molecule has 6 heteroatoms. The van der Waals surface area contributed by atoms with Gasteiger partial charge in [-0.25, -0.2) is 0 Å². The Kier molecular flexibility index (Phi) is 6.42. The minimum atomic E-state index is -0.535. The van der Waals surface area contributed by atoms with Crippen LogP contribution in [-0.4, -0.2) is 35.8 Å². The highest BCUT2D eigenvalue weighted by atomic mass is 16.5. The Balaban J connectivity index is 1.48. The normalized spacial score (nSPS) is 16.1. The number of nitrogens with zero attached hydrogens (tertiary/aromatic N) is 1. The van der Waals surface area contributed by atoms with E-state index in [2.05, 4.69) is 5.32 Å². The number of esters is 1. The van der Waals surface area contributed by atoms with Crippen LogP contribution in [0.1, 0.15) is 24.5 Å². The van der Waals surface area contributed by atoms with Crippen molar-refractivity contribution in [1.82, 2.24) is 4.90 Å². The van der Waals surface area contributed by atoms with Crippen molar-refractivity contribution in [1.29, 1.82) is 0 Å². The van der Waals surface area contributed by atoms with E-state index in [4.69, 9.17) is 4.74 Å². The molecule has 0 radical (unpaired) electrons. The highest BCUT2D eigenvalue weighted by Gasteiger charge is 2.35. The first-order chi connectivity index (χ1) is 13.6. The molecule has 1 aliphatic heterocycles. The lowest BCUT2D eigenvalue weighted by atomic mass is 10.1. The number of ether oxygens (including phenoxy) is 1. The minimum Gasteiger partial charge on any atom is -0.455 e. The second-order valence-electron chi connectivity index (χ2n) is 6.83. The lowest BCUT2D eigenvalue weighted by Crippen LogP contribution is -2.28. The summed E-state index contributed by atoms with van der Waals surface area (Å²) in [7, 11) is 0. The van der Waals surface area contributed by atoms with Crippen molar-refractivity contribution < 1.29 is 19.1 Å². The number of aryl methyl sites for hydroxylation is 1. The zero-order valence-corrected chi connectivity index (χ0v) is 15.9. The van der Waals surface area contributed by atoms with E-state index in [9.17, 15) is 14.4 Å². The highest BCUT2D eigenvalue weighted by Crippen LogP contribution is 2.21. The molecule has 1 atom stereocenters. The summed E-state index contributed by atoms with van der Waals surface area (Å²) in [5, 5.41) is 2.76. The Morgan fingerprint density at radius 3 is 2.57 bits per heavy atom. The number of para-hydroxylation sites is 1. The summed E-state index contributed by atoms with van der Waals surface area (Å²) < 4.78 is 5.15. The Bertz CT molecular complexity index is 851. The van der Waals surface area contributed by atoms with Crippen molar-refractivity contribution in [3.63, 3.8) is 0 Å². The van der Waals surface area contributed by atoms with Gasteiger partial charge in [0.05, 0.1) is 5.92 Å². The largest absolute Gasteiger partial charge is 0.455 e. The first-order valence-electron chi connectivity index (χ1n) is 9.43. The standard InChI is InChI=1S/C22H24N2O4/c1-2-17-10-6-7-11-19(17)23-20(25)15-28-22(27)18-12-21(26)24(14-18)13-16-8-4-3-5-9-16/h3-11,18H,2,12-15H2,1H3,(H,23,25). The van der Waals surface area contributed by atoms with Gasteiger partial charge in [-0.3, -0.25) is 14.4 Å². The number of anilines is 1. The summed E-state index contributed by atoms with van der Waals surface area (Å²) >= 11 is 0. The third kappa shape index (κ3) is 4.97. The molecule has 28 heavy (non-hydrogen) atoms. The van der Waals surface area contributed by atoms with Gasteiger partial charge in [0, 0.05) is 25.2 Å². The maximum Gasteiger partial charge on any atom is 0.311 e. The highest BCUT2D eigenvalue weighted by molar-refractivity contribution is 5.94. The molecule has 6 nitrogen and oxygen atoms in total. The molecule has 0 aliphatic carbocycles. The number of hydrogen-bond acceptors (Lipinski definition) is 4. The van der Waals surface area contributed by atoms with Gasteiger partial charge in [-0.1, -0.05) is 55.5 Å². The molecular weight excluding hydrogens is 356 g/mol. The summed E-state index contributed by atoms with van der Waals surface area (Å²) in [5.74, 6) is -1.51. The lowest BCUT2D eigenvalue weighted by molar-refractivity contribution is -0.151. The summed E-state index contributed by atoms with van der Waals surface area (Å²) in [6, 6.07) is 17.1. The molecule has 2 aromatic rings. The second-order valence-corrected chi connectivity index (χ2v) is 6.83. The van der Waals surface area contributed by atoms with Crippen LogP contribution >= 0.6 is 0 Å². The average Bonchev–Trinajstić information content (AvgIpc) is 3.08. The quantitative estimate of drug-likeness (QED) is 0.750. The molecule has 0 spiro atoms. The van der Waals surface area contributed by atoms with Crippen molar-refractivity contribution in [2.75, 3.05) is 18.5 Å². The Hall–Kier alpha value is -3.15. The number of likely N-dealkylation sites (tertiary alicyclic amines) is 1. The molecule has 3 rings (SSSR count). The Morgan fingerprint density at radius 2 is 1.82 bits per heavy atom. The van der Waals surface area contributed by atoms with Crippen LogP contribution in [0.2, 0.25) is 0 Å². The maximum atomic E-state index is 12.3. The molecule has 146 valence electrons. The fourth-order valence-corrected chi connectivity index (χ4v) is 3.28. The third-order valence-electron chi connectivity index (χ3n) is 4.78. The van der Waals surface area contributed by atoms with Crippen molar-refractivity contribution >= 4 is 23.5 Å². The topological polar surface area (TPSA) is 75.7 Å². The average molecular weight is 380 g/mol. The van der Waals surface area contributed by atoms with Gasteiger partial charge < -0.3 is 15.0 Å². The molecule has 1 aliphatic rings. The Labute approximate surface area is 164 Å². The molecule has 1 N–H and O–H groups in total. The number of benzene rings is 2. The number of carbonyl (C=O) groups excluding carboxylic acids is 3. The molecule has 0 saturated carbocycles. The van der Waals surface area contributed by atoms with Crippen LogP contribution in [0.3, 0.4) is 0 Å². The van der Waals surface area contributed by atoms with Crippen LogP contribution in [0.15, 0.2) is 54.6 Å². The van der Waals surface area contributed by atoms with Gasteiger partial charge >= 0.3 is 5.97 Å². The van der Waals surface area contributed by atoms with Crippen molar-refractivity contribution in [2.45, 2.75) is 26.3 Å². The molecule has 1 unspecified atom stereocenters. The number of rotatable bonds is 7. The van der Waals surface area contributed by atoms with E-state index in [1.807, 2.05) is 61.5 Å². The van der Waals surface area contributed by atoms with Gasteiger partial charge in [0.15, 0.2) is 6.61 Å². The predicted octanol–water partition coefficient (Wildman–Crippen LogP) is 2.78. The number of nitrogens with one attached hydrogen (secondary N) is 1. The van der Waals surface area contributed by atoms with E-state index in [1.54, 1.807) is 4.90 Å². The van der Waals surface area contributed by atoms with E-state index in [-0.39, 0.29) is 24.8 Å². The molecule has 1 fully saturated rings. The zero-order valence-electron chi connectivity index (χ0n) is 15.9. The van der Waals surface area contributed by atoms with Crippen LogP contribution in [-0.2, 0) is 32.1 Å². The smallest absolute Gasteiger partial charge is 0.311 e. The summed E-state index contributed by atoms with van der Waals surface area (Å²) in [6.07, 6.45) is 0.906. The van der Waals surface area contributed by atoms with E-state index >= 15 is 0 Å². The third-order valence-corrected chi connectivity index (χ3v) is 4.78. The fourth-order valence-electron chi connectivity index (χ4n) is 3.28. The number of hydrogen-bond donors (Lipinski definition) is 1. The van der Waals surface area contributed by atoms with Crippen LogP contribution < -0.4 is 5.32 Å². The van der Waals surface area contributed by atoms with E-state index < -0.39 is 11.9 Å². The van der Waals surface area contributed by atoms with Crippen LogP contribution in [0, 0.1) is 5.92 Å². The first-order valence-corrected chi connectivity index (χ1v) is 9.43. The van der Waals surface area contributed by atoms with Crippen LogP contribution in [0.4, 0.5) is 5.69 Å². The maximum absolute atomic E-state index is 12.3. The monoisotopic (exact) mass is 380 g/mol. The molecule has 1 heterocycles. The predicted molar refractivity (Wildman–Crippen MR) is 105 cm³/mol. The Morgan fingerprint density at radius 1 is 1.11 bits per heavy atom. The van der Waals surface area contributed by atoms with Gasteiger partial charge in [-0.15, -0.1) is 0 Å². The molecule has 2 aromatic carbocycles. The molecule has 0 bridgehead atoms. The summed E-state index contributed by atoms with van der Waals surface area (Å²) in [5.41, 5.74) is 2.75. The van der Waals surface area contributed by atoms with Crippen molar-refractivity contribution in [2.24, 2.45) is 5.92 Å². The lowest BCUT2D eigenvalue weighted by Gasteiger charge is -2.16. The summed E-state index contributed by atoms with van der Waals surface area (Å²) in [6.45, 7) is 2.42. The number of amides is 2. The zero-order chi connectivity index (χ0) is 19.9. The molecular formula is C22H24N2O4. The van der Waals surface area contributed by atoms with Gasteiger partial charge in [0.2, 0.25) is 5.91 Å². The molecule has 1 saturated heterocycles. The van der Waals surface area contributed by atoms with Gasteiger partial charge in [-0.05, 0) is 23.6 Å². The van der Waals surface area contributed by atoms with E-state index in [1.165, 1.54) is 0 Å². The van der Waals surface area contributed by atoms with Crippen LogP contribution in [0.5, 0.6) is 0 Å².